The van der Waals surface area contributed by atoms with E-state index in [2.05, 4.69) is 14.9 Å². The summed E-state index contributed by atoms with van der Waals surface area (Å²) >= 11 is 0. The molecule has 0 saturated carbocycles. The molecule has 2 unspecified atom stereocenters. The fourth-order valence-electron chi connectivity index (χ4n) is 5.66. The third-order valence-corrected chi connectivity index (χ3v) is 7.42. The normalized spacial score (nSPS) is 23.7. The number of aromatic nitrogens is 2. The van der Waals surface area contributed by atoms with Gasteiger partial charge in [0.1, 0.15) is 12.1 Å². The van der Waals surface area contributed by atoms with Crippen molar-refractivity contribution in [2.24, 2.45) is 0 Å². The summed E-state index contributed by atoms with van der Waals surface area (Å²) in [6.45, 7) is 4.59. The molecule has 3 fully saturated rings. The Morgan fingerprint density at radius 3 is 2.74 bits per heavy atom. The van der Waals surface area contributed by atoms with E-state index in [1.165, 1.54) is 0 Å². The summed E-state index contributed by atoms with van der Waals surface area (Å²) in [6, 6.07) is 5.94. The van der Waals surface area contributed by atoms with Gasteiger partial charge in [0.15, 0.2) is 0 Å². The lowest BCUT2D eigenvalue weighted by molar-refractivity contribution is -0.127. The van der Waals surface area contributed by atoms with Crippen LogP contribution in [-0.2, 0) is 4.79 Å². The average molecular weight is 468 g/mol. The van der Waals surface area contributed by atoms with Crippen LogP contribution in [-0.4, -0.2) is 87.3 Å². The van der Waals surface area contributed by atoms with Crippen LogP contribution < -0.4 is 4.74 Å². The number of carboxylic acid groups (broad SMARTS) is 1. The van der Waals surface area contributed by atoms with Gasteiger partial charge in [-0.3, -0.25) is 14.6 Å². The Morgan fingerprint density at radius 1 is 1.12 bits per heavy atom. The number of ether oxygens (including phenoxy) is 1. The van der Waals surface area contributed by atoms with Crippen LogP contribution in [0.25, 0.3) is 10.9 Å². The van der Waals surface area contributed by atoms with E-state index in [9.17, 15) is 14.7 Å². The van der Waals surface area contributed by atoms with Gasteiger partial charge in [-0.15, -0.1) is 0 Å². The molecule has 9 nitrogen and oxygen atoms in total. The predicted molar refractivity (Wildman–Crippen MR) is 127 cm³/mol. The molecular formula is C25H33N5O4. The molecule has 2 amide bonds. The molecule has 34 heavy (non-hydrogen) atoms. The minimum Gasteiger partial charge on any atom is -0.493 e. The number of nitrogens with zero attached hydrogens (tertiary/aromatic N) is 5. The summed E-state index contributed by atoms with van der Waals surface area (Å²) in [4.78, 5) is 38.5. The highest BCUT2D eigenvalue weighted by Gasteiger charge is 2.37. The first-order chi connectivity index (χ1) is 16.6. The highest BCUT2D eigenvalue weighted by molar-refractivity contribution is 5.82. The molecule has 1 aromatic heterocycles. The van der Waals surface area contributed by atoms with Crippen molar-refractivity contribution in [1.29, 1.82) is 0 Å². The molecule has 2 atom stereocenters. The monoisotopic (exact) mass is 467 g/mol. The molecule has 1 aromatic carbocycles. The Kier molecular flexibility index (Phi) is 6.80. The highest BCUT2D eigenvalue weighted by atomic mass is 16.5. The Morgan fingerprint density at radius 2 is 1.97 bits per heavy atom. The Bertz CT molecular complexity index is 1040. The zero-order valence-corrected chi connectivity index (χ0v) is 19.6. The number of piperidine rings is 1. The largest absolute Gasteiger partial charge is 0.493 e. The number of hydrogen-bond donors (Lipinski definition) is 1. The molecule has 0 bridgehead atoms. The van der Waals surface area contributed by atoms with Crippen LogP contribution in [0.2, 0.25) is 0 Å². The van der Waals surface area contributed by atoms with Gasteiger partial charge in [0.05, 0.1) is 24.0 Å². The van der Waals surface area contributed by atoms with Crippen LogP contribution in [0.3, 0.4) is 0 Å². The molecule has 3 aliphatic rings. The Balaban J connectivity index is 1.26. The van der Waals surface area contributed by atoms with Gasteiger partial charge >= 0.3 is 6.09 Å². The van der Waals surface area contributed by atoms with Crippen molar-refractivity contribution in [3.8, 4) is 5.75 Å². The van der Waals surface area contributed by atoms with E-state index in [-0.39, 0.29) is 18.0 Å². The van der Waals surface area contributed by atoms with Crippen molar-refractivity contribution < 1.29 is 19.4 Å². The third-order valence-electron chi connectivity index (χ3n) is 7.42. The van der Waals surface area contributed by atoms with Crippen molar-refractivity contribution in [3.05, 3.63) is 30.2 Å². The number of amides is 2. The number of hydrogen-bond acceptors (Lipinski definition) is 6. The van der Waals surface area contributed by atoms with Gasteiger partial charge in [0.2, 0.25) is 5.91 Å². The quantitative estimate of drug-likeness (QED) is 0.624. The molecule has 2 aromatic rings. The third kappa shape index (κ3) is 4.80. The lowest BCUT2D eigenvalue weighted by Crippen LogP contribution is -2.53. The second-order valence-corrected chi connectivity index (χ2v) is 9.55. The predicted octanol–water partition coefficient (Wildman–Crippen LogP) is 3.30. The first-order valence-electron chi connectivity index (χ1n) is 12.5. The maximum Gasteiger partial charge on any atom is 0.408 e. The van der Waals surface area contributed by atoms with Crippen molar-refractivity contribution in [1.82, 2.24) is 24.7 Å². The fraction of sp³-hybridized carbons (Fsp3) is 0.600. The average Bonchev–Trinajstić information content (AvgIpc) is 3.53. The number of fused-ring (bicyclic) bond motifs is 1. The topological polar surface area (TPSA) is 99.1 Å². The van der Waals surface area contributed by atoms with Crippen LogP contribution in [0.4, 0.5) is 4.79 Å². The molecule has 9 heteroatoms. The zero-order valence-electron chi connectivity index (χ0n) is 19.6. The van der Waals surface area contributed by atoms with Gasteiger partial charge in [-0.1, -0.05) is 0 Å². The molecule has 0 aliphatic carbocycles. The minimum atomic E-state index is -0.834. The molecule has 0 spiro atoms. The second kappa shape index (κ2) is 10.1. The molecule has 3 aliphatic heterocycles. The van der Waals surface area contributed by atoms with Crippen molar-refractivity contribution in [2.75, 3.05) is 39.3 Å². The number of carbonyl (C=O) groups excluding carboxylic acids is 1. The Labute approximate surface area is 199 Å². The maximum atomic E-state index is 11.9. The van der Waals surface area contributed by atoms with E-state index in [1.54, 1.807) is 11.2 Å². The minimum absolute atomic E-state index is 0.0890. The van der Waals surface area contributed by atoms with Crippen LogP contribution in [0.15, 0.2) is 24.5 Å². The lowest BCUT2D eigenvalue weighted by Gasteiger charge is -2.42. The number of likely N-dealkylation sites (tertiary alicyclic amines) is 3. The maximum absolute atomic E-state index is 11.9. The molecule has 3 saturated heterocycles. The van der Waals surface area contributed by atoms with Gasteiger partial charge in [0.25, 0.3) is 0 Å². The molecular weight excluding hydrogens is 434 g/mol. The SMILES string of the molecule is O=C1CCCN1CCCOc1ccc2c(C3CCN(C(=O)O)C(N4CCCC4)C3)ncnc2c1. The van der Waals surface area contributed by atoms with Gasteiger partial charge in [-0.05, 0) is 50.7 Å². The van der Waals surface area contributed by atoms with Crippen LogP contribution >= 0.6 is 0 Å². The first-order valence-corrected chi connectivity index (χ1v) is 12.5. The fourth-order valence-corrected chi connectivity index (χ4v) is 5.66. The number of benzene rings is 1. The van der Waals surface area contributed by atoms with E-state index in [0.717, 1.165) is 87.1 Å². The summed E-state index contributed by atoms with van der Waals surface area (Å²) in [5.41, 5.74) is 1.84. The molecule has 5 rings (SSSR count). The number of carbonyl (C=O) groups is 2. The lowest BCUT2D eigenvalue weighted by atomic mass is 9.89. The summed E-state index contributed by atoms with van der Waals surface area (Å²) in [5, 5.41) is 10.7. The summed E-state index contributed by atoms with van der Waals surface area (Å²) < 4.78 is 5.94. The van der Waals surface area contributed by atoms with E-state index in [4.69, 9.17) is 4.74 Å². The van der Waals surface area contributed by atoms with Crippen molar-refractivity contribution >= 4 is 22.9 Å². The Hall–Kier alpha value is -2.94. The van der Waals surface area contributed by atoms with Gasteiger partial charge in [0, 0.05) is 56.5 Å². The van der Waals surface area contributed by atoms with Crippen LogP contribution in [0.5, 0.6) is 5.75 Å². The standard InChI is InChI=1S/C25H33N5O4/c31-23-5-3-11-29(23)12-4-14-34-19-6-7-20-21(16-19)26-17-27-24(20)18-8-13-30(25(32)33)22(15-18)28-9-1-2-10-28/h6-7,16-18,22H,1-5,8-15H2,(H,32,33). The molecule has 0 radical (unpaired) electrons. The second-order valence-electron chi connectivity index (χ2n) is 9.55. The smallest absolute Gasteiger partial charge is 0.408 e. The van der Waals surface area contributed by atoms with E-state index >= 15 is 0 Å². The van der Waals surface area contributed by atoms with Crippen molar-refractivity contribution in [2.45, 2.75) is 57.0 Å². The molecule has 1 N–H and O–H groups in total. The molecule has 182 valence electrons. The van der Waals surface area contributed by atoms with E-state index in [1.807, 2.05) is 23.1 Å². The zero-order chi connectivity index (χ0) is 23.5. The summed E-state index contributed by atoms with van der Waals surface area (Å²) in [7, 11) is 0. The van der Waals surface area contributed by atoms with Gasteiger partial charge in [-0.25, -0.2) is 14.8 Å². The van der Waals surface area contributed by atoms with Crippen LogP contribution in [0, 0.1) is 0 Å². The molecule has 4 heterocycles. The number of rotatable bonds is 7. The highest BCUT2D eigenvalue weighted by Crippen LogP contribution is 2.36. The van der Waals surface area contributed by atoms with E-state index in [0.29, 0.717) is 19.6 Å². The van der Waals surface area contributed by atoms with Crippen molar-refractivity contribution in [3.63, 3.8) is 0 Å². The van der Waals surface area contributed by atoms with Gasteiger partial charge < -0.3 is 14.7 Å². The summed E-state index contributed by atoms with van der Waals surface area (Å²) in [5.74, 6) is 1.20. The van der Waals surface area contributed by atoms with Crippen LogP contribution in [0.1, 0.15) is 56.6 Å². The van der Waals surface area contributed by atoms with E-state index < -0.39 is 6.09 Å². The van der Waals surface area contributed by atoms with Gasteiger partial charge in [-0.2, -0.15) is 0 Å². The summed E-state index contributed by atoms with van der Waals surface area (Å²) in [6.07, 6.45) is 6.88. The first kappa shape index (κ1) is 22.8.